The van der Waals surface area contributed by atoms with Crippen LogP contribution < -0.4 is 9.47 Å². The number of H-pyrrole nitrogens is 1. The van der Waals surface area contributed by atoms with E-state index in [-0.39, 0.29) is 5.56 Å². The van der Waals surface area contributed by atoms with Crippen molar-refractivity contribution in [2.75, 3.05) is 7.11 Å². The molecule has 1 aromatic carbocycles. The Balaban J connectivity index is 2.14. The van der Waals surface area contributed by atoms with E-state index in [2.05, 4.69) is 4.98 Å². The van der Waals surface area contributed by atoms with E-state index < -0.39 is 5.97 Å². The molecule has 1 heterocycles. The Morgan fingerprint density at radius 1 is 1.33 bits per heavy atom. The van der Waals surface area contributed by atoms with Gasteiger partial charge in [0.15, 0.2) is 11.5 Å². The minimum absolute atomic E-state index is 0.166. The molecule has 0 saturated heterocycles. The van der Waals surface area contributed by atoms with Gasteiger partial charge in [0, 0.05) is 6.20 Å². The van der Waals surface area contributed by atoms with E-state index in [0.717, 1.165) is 5.69 Å². The fraction of sp³-hybridized carbons (Fsp3) is 0.154. The number of carboxylic acid groups (broad SMARTS) is 1. The van der Waals surface area contributed by atoms with Gasteiger partial charge in [-0.15, -0.1) is 0 Å². The SMILES string of the molecule is COc1cc(C(=O)O)ccc1OCc1ccc[nH]1. The van der Waals surface area contributed by atoms with Crippen LogP contribution >= 0.6 is 0 Å². The number of rotatable bonds is 5. The van der Waals surface area contributed by atoms with Crippen LogP contribution in [0.15, 0.2) is 36.5 Å². The summed E-state index contributed by atoms with van der Waals surface area (Å²) in [6.45, 7) is 0.371. The predicted molar refractivity (Wildman–Crippen MR) is 65.1 cm³/mol. The number of methoxy groups -OCH3 is 1. The molecule has 0 unspecified atom stereocenters. The molecule has 0 atom stereocenters. The lowest BCUT2D eigenvalue weighted by Gasteiger charge is -2.10. The lowest BCUT2D eigenvalue weighted by molar-refractivity contribution is 0.0696. The minimum atomic E-state index is -0.996. The van der Waals surface area contributed by atoms with Gasteiger partial charge in [-0.2, -0.15) is 0 Å². The highest BCUT2D eigenvalue weighted by atomic mass is 16.5. The van der Waals surface area contributed by atoms with Crippen molar-refractivity contribution in [2.24, 2.45) is 0 Å². The Kier molecular flexibility index (Phi) is 3.52. The predicted octanol–water partition coefficient (Wildman–Crippen LogP) is 2.30. The summed E-state index contributed by atoms with van der Waals surface area (Å²) >= 11 is 0. The molecule has 0 radical (unpaired) electrons. The topological polar surface area (TPSA) is 71.6 Å². The number of aromatic nitrogens is 1. The van der Waals surface area contributed by atoms with E-state index in [1.54, 1.807) is 6.07 Å². The van der Waals surface area contributed by atoms with E-state index >= 15 is 0 Å². The van der Waals surface area contributed by atoms with Crippen molar-refractivity contribution in [1.29, 1.82) is 0 Å². The number of hydrogen-bond donors (Lipinski definition) is 2. The van der Waals surface area contributed by atoms with Crippen LogP contribution in [-0.2, 0) is 6.61 Å². The first-order valence-electron chi connectivity index (χ1n) is 5.37. The zero-order valence-corrected chi connectivity index (χ0v) is 9.84. The second kappa shape index (κ2) is 5.27. The highest BCUT2D eigenvalue weighted by Gasteiger charge is 2.10. The summed E-state index contributed by atoms with van der Waals surface area (Å²) in [5.41, 5.74) is 1.10. The molecule has 5 heteroatoms. The first kappa shape index (κ1) is 12.0. The largest absolute Gasteiger partial charge is 0.493 e. The average Bonchev–Trinajstić information content (AvgIpc) is 2.89. The molecule has 18 heavy (non-hydrogen) atoms. The van der Waals surface area contributed by atoms with E-state index in [9.17, 15) is 4.79 Å². The van der Waals surface area contributed by atoms with Crippen molar-refractivity contribution < 1.29 is 19.4 Å². The van der Waals surface area contributed by atoms with Crippen LogP contribution in [0.1, 0.15) is 16.1 Å². The fourth-order valence-corrected chi connectivity index (χ4v) is 1.53. The minimum Gasteiger partial charge on any atom is -0.493 e. The number of hydrogen-bond acceptors (Lipinski definition) is 3. The van der Waals surface area contributed by atoms with Crippen molar-refractivity contribution in [3.05, 3.63) is 47.8 Å². The second-order valence-corrected chi connectivity index (χ2v) is 3.65. The summed E-state index contributed by atoms with van der Waals surface area (Å²) in [5.74, 6) is -0.0808. The van der Waals surface area contributed by atoms with E-state index in [4.69, 9.17) is 14.6 Å². The average molecular weight is 247 g/mol. The van der Waals surface area contributed by atoms with Gasteiger partial charge >= 0.3 is 5.97 Å². The molecule has 0 spiro atoms. The number of aromatic amines is 1. The molecule has 0 fully saturated rings. The van der Waals surface area contributed by atoms with Crippen LogP contribution in [0.2, 0.25) is 0 Å². The first-order chi connectivity index (χ1) is 8.70. The number of carbonyl (C=O) groups is 1. The summed E-state index contributed by atoms with van der Waals surface area (Å²) in [6, 6.07) is 8.29. The lowest BCUT2D eigenvalue weighted by Crippen LogP contribution is -2.01. The molecule has 2 rings (SSSR count). The molecule has 0 bridgehead atoms. The van der Waals surface area contributed by atoms with Gasteiger partial charge in [0.05, 0.1) is 18.4 Å². The molecule has 5 nitrogen and oxygen atoms in total. The molecule has 94 valence electrons. The maximum Gasteiger partial charge on any atom is 0.335 e. The maximum atomic E-state index is 10.8. The van der Waals surface area contributed by atoms with Crippen molar-refractivity contribution >= 4 is 5.97 Å². The van der Waals surface area contributed by atoms with Crippen LogP contribution in [0.25, 0.3) is 0 Å². The number of ether oxygens (including phenoxy) is 2. The van der Waals surface area contributed by atoms with Gasteiger partial charge in [-0.3, -0.25) is 0 Å². The highest BCUT2D eigenvalue weighted by Crippen LogP contribution is 2.28. The van der Waals surface area contributed by atoms with Crippen LogP contribution in [0, 0.1) is 0 Å². The standard InChI is InChI=1S/C13H13NO4/c1-17-12-7-9(13(15)16)4-5-11(12)18-8-10-3-2-6-14-10/h2-7,14H,8H2,1H3,(H,15,16). The first-order valence-corrected chi connectivity index (χ1v) is 5.37. The molecular weight excluding hydrogens is 234 g/mol. The normalized spacial score (nSPS) is 10.1. The summed E-state index contributed by atoms with van der Waals surface area (Å²) < 4.78 is 10.7. The fourth-order valence-electron chi connectivity index (χ4n) is 1.53. The number of carboxylic acids is 1. The van der Waals surface area contributed by atoms with Crippen LogP contribution in [-0.4, -0.2) is 23.2 Å². The van der Waals surface area contributed by atoms with Crippen molar-refractivity contribution in [3.63, 3.8) is 0 Å². The Bertz CT molecular complexity index is 534. The summed E-state index contributed by atoms with van der Waals surface area (Å²) in [7, 11) is 1.47. The Labute approximate surface area is 104 Å². The van der Waals surface area contributed by atoms with E-state index in [0.29, 0.717) is 18.1 Å². The van der Waals surface area contributed by atoms with Crippen molar-refractivity contribution in [2.45, 2.75) is 6.61 Å². The molecule has 2 aromatic rings. The van der Waals surface area contributed by atoms with Crippen molar-refractivity contribution in [1.82, 2.24) is 4.98 Å². The van der Waals surface area contributed by atoms with Gasteiger partial charge in [0.25, 0.3) is 0 Å². The summed E-state index contributed by atoms with van der Waals surface area (Å²) in [6.07, 6.45) is 1.81. The quantitative estimate of drug-likeness (QED) is 0.850. The third-order valence-electron chi connectivity index (χ3n) is 2.46. The van der Waals surface area contributed by atoms with Crippen molar-refractivity contribution in [3.8, 4) is 11.5 Å². The molecular formula is C13H13NO4. The molecule has 2 N–H and O–H groups in total. The smallest absolute Gasteiger partial charge is 0.335 e. The Hall–Kier alpha value is -2.43. The summed E-state index contributed by atoms with van der Waals surface area (Å²) in [5, 5.41) is 8.87. The van der Waals surface area contributed by atoms with E-state index in [1.807, 2.05) is 18.3 Å². The maximum absolute atomic E-state index is 10.8. The Morgan fingerprint density at radius 3 is 2.78 bits per heavy atom. The zero-order valence-electron chi connectivity index (χ0n) is 9.84. The van der Waals surface area contributed by atoms with Gasteiger partial charge < -0.3 is 19.6 Å². The van der Waals surface area contributed by atoms with Crippen LogP contribution in [0.4, 0.5) is 0 Å². The number of benzene rings is 1. The third-order valence-corrected chi connectivity index (χ3v) is 2.46. The molecule has 0 amide bonds. The Morgan fingerprint density at radius 2 is 2.17 bits per heavy atom. The molecule has 0 aliphatic carbocycles. The molecule has 0 aliphatic heterocycles. The number of nitrogens with one attached hydrogen (secondary N) is 1. The zero-order chi connectivity index (χ0) is 13.0. The van der Waals surface area contributed by atoms with Gasteiger partial charge in [0.1, 0.15) is 6.61 Å². The van der Waals surface area contributed by atoms with Crippen LogP contribution in [0.3, 0.4) is 0 Å². The van der Waals surface area contributed by atoms with Gasteiger partial charge in [0.2, 0.25) is 0 Å². The lowest BCUT2D eigenvalue weighted by atomic mass is 10.2. The molecule has 1 aromatic heterocycles. The van der Waals surface area contributed by atoms with Gasteiger partial charge in [-0.1, -0.05) is 0 Å². The van der Waals surface area contributed by atoms with E-state index in [1.165, 1.54) is 19.2 Å². The van der Waals surface area contributed by atoms with Crippen LogP contribution in [0.5, 0.6) is 11.5 Å². The second-order valence-electron chi connectivity index (χ2n) is 3.65. The van der Waals surface area contributed by atoms with Gasteiger partial charge in [-0.25, -0.2) is 4.79 Å². The van der Waals surface area contributed by atoms with Gasteiger partial charge in [-0.05, 0) is 30.3 Å². The highest BCUT2D eigenvalue weighted by molar-refractivity contribution is 5.88. The monoisotopic (exact) mass is 247 g/mol. The third kappa shape index (κ3) is 2.63. The molecule has 0 aliphatic rings. The number of aromatic carboxylic acids is 1. The summed E-state index contributed by atoms with van der Waals surface area (Å²) in [4.78, 5) is 13.8. The molecule has 0 saturated carbocycles.